The molecule has 0 saturated heterocycles. The van der Waals surface area contributed by atoms with Crippen LogP contribution < -0.4 is 10.1 Å². The summed E-state index contributed by atoms with van der Waals surface area (Å²) < 4.78 is 46.9. The molecule has 180 valence electrons. The molecule has 0 atom stereocenters. The fourth-order valence-corrected chi connectivity index (χ4v) is 4.20. The molecule has 2 fully saturated rings. The average Bonchev–Trinajstić information content (AvgIpc) is 3.55. The number of benzene rings is 1. The number of alkyl halides is 3. The number of aliphatic hydroxyl groups is 1. The number of halogens is 3. The summed E-state index contributed by atoms with van der Waals surface area (Å²) in [6.45, 7) is 0.497. The van der Waals surface area contributed by atoms with Crippen molar-refractivity contribution in [2.45, 2.75) is 56.8 Å². The van der Waals surface area contributed by atoms with Gasteiger partial charge in [0.25, 0.3) is 5.91 Å². The van der Waals surface area contributed by atoms with Crippen LogP contribution in [0.15, 0.2) is 36.5 Å². The molecule has 10 heteroatoms. The lowest BCUT2D eigenvalue weighted by Gasteiger charge is -2.25. The first-order valence-corrected chi connectivity index (χ1v) is 11.5. The number of aromatic nitrogens is 3. The van der Waals surface area contributed by atoms with E-state index in [2.05, 4.69) is 15.4 Å². The van der Waals surface area contributed by atoms with Gasteiger partial charge in [-0.05, 0) is 62.6 Å². The smallest absolute Gasteiger partial charge is 0.433 e. The van der Waals surface area contributed by atoms with E-state index in [0.29, 0.717) is 29.5 Å². The van der Waals surface area contributed by atoms with E-state index in [4.69, 9.17) is 4.74 Å². The van der Waals surface area contributed by atoms with Crippen molar-refractivity contribution in [1.29, 1.82) is 0 Å². The Morgan fingerprint density at radius 3 is 2.62 bits per heavy atom. The maximum absolute atomic E-state index is 13.0. The Morgan fingerprint density at radius 1 is 1.15 bits per heavy atom. The Labute approximate surface area is 193 Å². The maximum Gasteiger partial charge on any atom is 0.433 e. The van der Waals surface area contributed by atoms with E-state index in [1.807, 2.05) is 10.9 Å². The highest BCUT2D eigenvalue weighted by Crippen LogP contribution is 2.36. The molecule has 0 unspecified atom stereocenters. The molecule has 0 aliphatic heterocycles. The Kier molecular flexibility index (Phi) is 5.93. The minimum atomic E-state index is -4.64. The second-order valence-corrected chi connectivity index (χ2v) is 9.09. The zero-order chi connectivity index (χ0) is 23.9. The molecule has 0 bridgehead atoms. The van der Waals surface area contributed by atoms with E-state index < -0.39 is 17.8 Å². The molecule has 3 aromatic rings. The van der Waals surface area contributed by atoms with Gasteiger partial charge in [0.2, 0.25) is 0 Å². The first kappa shape index (κ1) is 22.6. The van der Waals surface area contributed by atoms with Gasteiger partial charge in [0.15, 0.2) is 0 Å². The monoisotopic (exact) mass is 474 g/mol. The van der Waals surface area contributed by atoms with Gasteiger partial charge in [0.05, 0.1) is 30.0 Å². The number of amides is 1. The zero-order valence-corrected chi connectivity index (χ0v) is 18.4. The van der Waals surface area contributed by atoms with Crippen LogP contribution in [0, 0.1) is 5.92 Å². The molecule has 5 rings (SSSR count). The van der Waals surface area contributed by atoms with Gasteiger partial charge in [0.1, 0.15) is 17.1 Å². The first-order valence-electron chi connectivity index (χ1n) is 11.5. The summed E-state index contributed by atoms with van der Waals surface area (Å²) in [6, 6.07) is 6.88. The summed E-state index contributed by atoms with van der Waals surface area (Å²) in [4.78, 5) is 16.2. The van der Waals surface area contributed by atoms with Crippen LogP contribution in [-0.2, 0) is 6.18 Å². The summed E-state index contributed by atoms with van der Waals surface area (Å²) in [7, 11) is 0. The normalized spacial score (nSPS) is 20.9. The van der Waals surface area contributed by atoms with E-state index in [-0.39, 0.29) is 17.8 Å². The van der Waals surface area contributed by atoms with E-state index in [1.165, 1.54) is 6.07 Å². The number of ether oxygens (including phenoxy) is 1. The van der Waals surface area contributed by atoms with Gasteiger partial charge in [-0.2, -0.15) is 18.3 Å². The van der Waals surface area contributed by atoms with Crippen molar-refractivity contribution in [3.63, 3.8) is 0 Å². The Hall–Kier alpha value is -3.14. The summed E-state index contributed by atoms with van der Waals surface area (Å²) in [5, 5.41) is 17.9. The molecule has 34 heavy (non-hydrogen) atoms. The third-order valence-electron chi connectivity index (χ3n) is 6.36. The molecule has 2 aromatic heterocycles. The highest BCUT2D eigenvalue weighted by molar-refractivity contribution is 6.05. The highest BCUT2D eigenvalue weighted by Gasteiger charge is 2.33. The third kappa shape index (κ3) is 5.01. The molecule has 2 aliphatic rings. The molecule has 0 radical (unpaired) electrons. The fraction of sp³-hybridized carbons (Fsp3) is 0.458. The molecular weight excluding hydrogens is 449 g/mol. The van der Waals surface area contributed by atoms with Crippen LogP contribution >= 0.6 is 0 Å². The standard InChI is InChI=1S/C24H25F3N4O3/c25-24(26,27)22-3-1-2-18(28-22)23(33)29-20-10-15-12-31(16-6-8-17(32)9-7-16)30-19(15)11-21(20)34-13-14-4-5-14/h1-3,10-12,14,16-17,32H,4-9,13H2,(H,29,33). The molecule has 7 nitrogen and oxygen atoms in total. The summed E-state index contributed by atoms with van der Waals surface area (Å²) >= 11 is 0. The van der Waals surface area contributed by atoms with Gasteiger partial charge in [-0.25, -0.2) is 4.98 Å². The molecule has 1 aromatic carbocycles. The predicted molar refractivity (Wildman–Crippen MR) is 119 cm³/mol. The van der Waals surface area contributed by atoms with Crippen LogP contribution in [0.4, 0.5) is 18.9 Å². The minimum absolute atomic E-state index is 0.180. The SMILES string of the molecule is O=C(Nc1cc2cn(C3CCC(O)CC3)nc2cc1OCC1CC1)c1cccc(C(F)(F)F)n1. The van der Waals surface area contributed by atoms with Gasteiger partial charge in [-0.3, -0.25) is 9.48 Å². The topological polar surface area (TPSA) is 89.3 Å². The molecule has 0 spiro atoms. The molecular formula is C24H25F3N4O3. The molecule has 1 amide bonds. The number of aliphatic hydroxyl groups excluding tert-OH is 1. The second-order valence-electron chi connectivity index (χ2n) is 9.09. The summed E-state index contributed by atoms with van der Waals surface area (Å²) in [5.41, 5.74) is -0.401. The first-order chi connectivity index (χ1) is 16.3. The largest absolute Gasteiger partial charge is 0.491 e. The minimum Gasteiger partial charge on any atom is -0.491 e. The lowest BCUT2D eigenvalue weighted by Crippen LogP contribution is -2.21. The van der Waals surface area contributed by atoms with Gasteiger partial charge in [0, 0.05) is 17.6 Å². The molecule has 2 heterocycles. The molecule has 2 aliphatic carbocycles. The van der Waals surface area contributed by atoms with Crippen LogP contribution in [0.3, 0.4) is 0 Å². The number of hydrogen-bond acceptors (Lipinski definition) is 5. The van der Waals surface area contributed by atoms with Crippen molar-refractivity contribution >= 4 is 22.5 Å². The van der Waals surface area contributed by atoms with Gasteiger partial charge >= 0.3 is 6.18 Å². The van der Waals surface area contributed by atoms with E-state index >= 15 is 0 Å². The Bertz CT molecular complexity index is 1200. The van der Waals surface area contributed by atoms with E-state index in [0.717, 1.165) is 56.0 Å². The Morgan fingerprint density at radius 2 is 1.91 bits per heavy atom. The van der Waals surface area contributed by atoms with Crippen molar-refractivity contribution in [3.05, 3.63) is 47.9 Å². The van der Waals surface area contributed by atoms with Crippen LogP contribution in [0.1, 0.15) is 60.7 Å². The number of hydrogen-bond donors (Lipinski definition) is 2. The predicted octanol–water partition coefficient (Wildman–Crippen LogP) is 4.97. The van der Waals surface area contributed by atoms with Crippen molar-refractivity contribution in [1.82, 2.24) is 14.8 Å². The fourth-order valence-electron chi connectivity index (χ4n) is 4.20. The number of rotatable bonds is 6. The zero-order valence-electron chi connectivity index (χ0n) is 18.4. The van der Waals surface area contributed by atoms with Crippen LogP contribution in [0.5, 0.6) is 5.75 Å². The van der Waals surface area contributed by atoms with Gasteiger partial charge in [-0.1, -0.05) is 6.07 Å². The molecule has 2 N–H and O–H groups in total. The number of carbonyl (C=O) groups excluding carboxylic acids is 1. The molecule has 2 saturated carbocycles. The van der Waals surface area contributed by atoms with Crippen molar-refractivity contribution < 1.29 is 27.8 Å². The number of fused-ring (bicyclic) bond motifs is 1. The van der Waals surface area contributed by atoms with Gasteiger partial charge < -0.3 is 15.2 Å². The lowest BCUT2D eigenvalue weighted by atomic mass is 9.93. The number of carbonyl (C=O) groups is 1. The van der Waals surface area contributed by atoms with Crippen LogP contribution in [-0.4, -0.2) is 38.5 Å². The average molecular weight is 474 g/mol. The Balaban J connectivity index is 1.43. The maximum atomic E-state index is 13.0. The lowest BCUT2D eigenvalue weighted by molar-refractivity contribution is -0.141. The van der Waals surface area contributed by atoms with Crippen molar-refractivity contribution in [3.8, 4) is 5.75 Å². The number of nitrogens with one attached hydrogen (secondary N) is 1. The number of pyridine rings is 1. The van der Waals surface area contributed by atoms with Crippen molar-refractivity contribution in [2.75, 3.05) is 11.9 Å². The van der Waals surface area contributed by atoms with Crippen LogP contribution in [0.25, 0.3) is 10.9 Å². The van der Waals surface area contributed by atoms with Crippen molar-refractivity contribution in [2.24, 2.45) is 5.92 Å². The highest BCUT2D eigenvalue weighted by atomic mass is 19.4. The second kappa shape index (κ2) is 8.90. The summed E-state index contributed by atoms with van der Waals surface area (Å²) in [6.07, 6.45) is 2.24. The van der Waals surface area contributed by atoms with E-state index in [9.17, 15) is 23.1 Å². The summed E-state index contributed by atoms with van der Waals surface area (Å²) in [5.74, 6) is 0.134. The third-order valence-corrected chi connectivity index (χ3v) is 6.36. The van der Waals surface area contributed by atoms with Crippen LogP contribution in [0.2, 0.25) is 0 Å². The number of nitrogens with zero attached hydrogens (tertiary/aromatic N) is 3. The van der Waals surface area contributed by atoms with Gasteiger partial charge in [-0.15, -0.1) is 0 Å². The number of anilines is 1. The quantitative estimate of drug-likeness (QED) is 0.527. The van der Waals surface area contributed by atoms with E-state index in [1.54, 1.807) is 12.1 Å².